The molecule has 1 aromatic carbocycles. The summed E-state index contributed by atoms with van der Waals surface area (Å²) in [5, 5.41) is 3.25. The van der Waals surface area contributed by atoms with Gasteiger partial charge in [-0.15, -0.1) is 11.3 Å². The van der Waals surface area contributed by atoms with Crippen LogP contribution in [-0.2, 0) is 10.0 Å². The molecule has 4 heterocycles. The van der Waals surface area contributed by atoms with Crippen molar-refractivity contribution in [2.45, 2.75) is 31.8 Å². The van der Waals surface area contributed by atoms with Crippen molar-refractivity contribution < 1.29 is 13.2 Å². The van der Waals surface area contributed by atoms with E-state index >= 15 is 0 Å². The van der Waals surface area contributed by atoms with E-state index < -0.39 is 10.0 Å². The number of hydrogen-bond donors (Lipinski definition) is 2. The number of para-hydroxylation sites is 1. The number of rotatable bonds is 5. The van der Waals surface area contributed by atoms with Crippen molar-refractivity contribution in [3.63, 3.8) is 0 Å². The lowest BCUT2D eigenvalue weighted by molar-refractivity contribution is 0.0218. The molecule has 28 heavy (non-hydrogen) atoms. The molecule has 150 valence electrons. The first-order chi connectivity index (χ1) is 13.3. The molecule has 1 aromatic heterocycles. The van der Waals surface area contributed by atoms with Crippen molar-refractivity contribution in [1.82, 2.24) is 10.2 Å². The second-order valence-corrected chi connectivity index (χ2v) is 10.5. The topological polar surface area (TPSA) is 78.5 Å². The zero-order chi connectivity index (χ0) is 19.9. The van der Waals surface area contributed by atoms with Gasteiger partial charge in [-0.1, -0.05) is 18.2 Å². The van der Waals surface area contributed by atoms with Gasteiger partial charge in [0.15, 0.2) is 0 Å². The van der Waals surface area contributed by atoms with E-state index in [1.165, 1.54) is 11.3 Å². The molecule has 5 rings (SSSR count). The third kappa shape index (κ3) is 3.94. The predicted molar refractivity (Wildman–Crippen MR) is 113 cm³/mol. The Kier molecular flexibility index (Phi) is 5.20. The highest BCUT2D eigenvalue weighted by Gasteiger charge is 2.40. The highest BCUT2D eigenvalue weighted by atomic mass is 32.2. The van der Waals surface area contributed by atoms with E-state index in [1.807, 2.05) is 24.3 Å². The van der Waals surface area contributed by atoms with E-state index in [2.05, 4.69) is 21.9 Å². The molecule has 2 bridgehead atoms. The lowest BCUT2D eigenvalue weighted by Gasteiger charge is -2.49. The maximum atomic E-state index is 12.9. The molecule has 3 saturated heterocycles. The molecule has 0 saturated carbocycles. The monoisotopic (exact) mass is 419 g/mol. The van der Waals surface area contributed by atoms with Crippen molar-refractivity contribution in [2.75, 3.05) is 24.1 Å². The number of amides is 1. The van der Waals surface area contributed by atoms with Gasteiger partial charge in [0.25, 0.3) is 5.91 Å². The van der Waals surface area contributed by atoms with Crippen molar-refractivity contribution in [3.05, 3.63) is 41.3 Å². The highest BCUT2D eigenvalue weighted by Crippen LogP contribution is 2.35. The first-order valence-electron chi connectivity index (χ1n) is 9.54. The van der Waals surface area contributed by atoms with Crippen molar-refractivity contribution in [3.8, 4) is 10.4 Å². The van der Waals surface area contributed by atoms with Crippen LogP contribution < -0.4 is 10.0 Å². The largest absolute Gasteiger partial charge is 0.347 e. The fraction of sp³-hybridized carbons (Fsp3) is 0.450. The van der Waals surface area contributed by atoms with Gasteiger partial charge in [0, 0.05) is 22.5 Å². The Morgan fingerprint density at radius 3 is 2.54 bits per heavy atom. The Morgan fingerprint density at radius 1 is 1.14 bits per heavy atom. The molecule has 2 aromatic rings. The van der Waals surface area contributed by atoms with E-state index in [9.17, 15) is 13.2 Å². The number of thiophene rings is 1. The van der Waals surface area contributed by atoms with Gasteiger partial charge >= 0.3 is 0 Å². The summed E-state index contributed by atoms with van der Waals surface area (Å²) >= 11 is 1.38. The van der Waals surface area contributed by atoms with Crippen LogP contribution in [0, 0.1) is 5.92 Å². The molecule has 2 atom stereocenters. The Bertz CT molecular complexity index is 976. The van der Waals surface area contributed by atoms with E-state index in [1.54, 1.807) is 12.1 Å². The molecule has 3 aliphatic heterocycles. The van der Waals surface area contributed by atoms with Gasteiger partial charge in [-0.3, -0.25) is 14.4 Å². The molecule has 1 amide bonds. The maximum absolute atomic E-state index is 12.9. The standard InChI is InChI=1S/C20H25N3O3S2/c1-13-19(14-9-11-23(13)12-10-14)21-20(24)18-8-7-17(27-18)15-5-3-4-6-16(15)22-28(2,25)26/h3-8,13-14,19,22H,9-12H2,1-2H3,(H,21,24)/t13-,19+/m1/s1. The smallest absolute Gasteiger partial charge is 0.261 e. The van der Waals surface area contributed by atoms with E-state index in [4.69, 9.17) is 0 Å². The Hall–Kier alpha value is -1.90. The molecule has 2 N–H and O–H groups in total. The van der Waals surface area contributed by atoms with Gasteiger partial charge in [0.1, 0.15) is 0 Å². The quantitative estimate of drug-likeness (QED) is 0.781. The van der Waals surface area contributed by atoms with Gasteiger partial charge < -0.3 is 5.32 Å². The van der Waals surface area contributed by atoms with Gasteiger partial charge in [0.2, 0.25) is 10.0 Å². The molecular weight excluding hydrogens is 394 g/mol. The van der Waals surface area contributed by atoms with E-state index in [0.29, 0.717) is 22.5 Å². The number of hydrogen-bond acceptors (Lipinski definition) is 5. The first kappa shape index (κ1) is 19.4. The summed E-state index contributed by atoms with van der Waals surface area (Å²) in [4.78, 5) is 16.8. The molecule has 0 aliphatic carbocycles. The molecule has 8 heteroatoms. The molecule has 0 spiro atoms. The molecule has 0 radical (unpaired) electrons. The zero-order valence-corrected chi connectivity index (χ0v) is 17.6. The molecule has 3 fully saturated rings. The number of anilines is 1. The number of nitrogens with zero attached hydrogens (tertiary/aromatic N) is 1. The van der Waals surface area contributed by atoms with Crippen molar-refractivity contribution in [2.24, 2.45) is 5.92 Å². The normalized spacial score (nSPS) is 26.8. The number of piperidine rings is 3. The van der Waals surface area contributed by atoms with Gasteiger partial charge in [-0.05, 0) is 57.0 Å². The summed E-state index contributed by atoms with van der Waals surface area (Å²) in [6.07, 6.45) is 3.43. The third-order valence-corrected chi connectivity index (χ3v) is 7.50. The van der Waals surface area contributed by atoms with Gasteiger partial charge in [-0.25, -0.2) is 8.42 Å². The third-order valence-electron chi connectivity index (χ3n) is 5.79. The fourth-order valence-electron chi connectivity index (χ4n) is 4.36. The summed E-state index contributed by atoms with van der Waals surface area (Å²) in [6, 6.07) is 11.5. The Morgan fingerprint density at radius 2 is 1.86 bits per heavy atom. The van der Waals surface area contributed by atoms with Gasteiger partial charge in [0.05, 0.1) is 16.8 Å². The van der Waals surface area contributed by atoms with Crippen LogP contribution >= 0.6 is 11.3 Å². The summed E-state index contributed by atoms with van der Waals surface area (Å²) in [6.45, 7) is 4.46. The van der Waals surface area contributed by atoms with Crippen LogP contribution in [0.25, 0.3) is 10.4 Å². The number of benzene rings is 1. The maximum Gasteiger partial charge on any atom is 0.261 e. The minimum Gasteiger partial charge on any atom is -0.347 e. The molecule has 6 nitrogen and oxygen atoms in total. The van der Waals surface area contributed by atoms with Crippen LogP contribution in [0.3, 0.4) is 0 Å². The second kappa shape index (κ2) is 7.50. The van der Waals surface area contributed by atoms with Crippen molar-refractivity contribution in [1.29, 1.82) is 0 Å². The fourth-order valence-corrected chi connectivity index (χ4v) is 5.89. The van der Waals surface area contributed by atoms with Crippen LogP contribution in [0.5, 0.6) is 0 Å². The van der Waals surface area contributed by atoms with E-state index in [-0.39, 0.29) is 11.9 Å². The Labute approximate surface area is 170 Å². The minimum atomic E-state index is -3.38. The lowest BCUT2D eigenvalue weighted by atomic mass is 9.79. The SMILES string of the molecule is C[C@@H]1[C@H](NC(=O)c2ccc(-c3ccccc3NS(C)(=O)=O)s2)C2CCN1CC2. The summed E-state index contributed by atoms with van der Waals surface area (Å²) in [5.41, 5.74) is 1.29. The second-order valence-electron chi connectivity index (χ2n) is 7.70. The number of carbonyl (C=O) groups excluding carboxylic acids is 1. The average Bonchev–Trinajstić information content (AvgIpc) is 3.14. The van der Waals surface area contributed by atoms with Crippen molar-refractivity contribution >= 4 is 33.0 Å². The highest BCUT2D eigenvalue weighted by molar-refractivity contribution is 7.92. The number of carbonyl (C=O) groups is 1. The zero-order valence-electron chi connectivity index (χ0n) is 16.0. The molecule has 3 aliphatic rings. The first-order valence-corrected chi connectivity index (χ1v) is 12.2. The van der Waals surface area contributed by atoms with Crippen LogP contribution in [0.2, 0.25) is 0 Å². The van der Waals surface area contributed by atoms with Crippen LogP contribution in [-0.4, -0.2) is 50.7 Å². The summed E-state index contributed by atoms with van der Waals surface area (Å²) in [7, 11) is -3.38. The summed E-state index contributed by atoms with van der Waals surface area (Å²) in [5.74, 6) is 0.512. The average molecular weight is 420 g/mol. The Balaban J connectivity index is 1.53. The molecule has 0 unspecified atom stereocenters. The van der Waals surface area contributed by atoms with Crippen LogP contribution in [0.4, 0.5) is 5.69 Å². The summed E-state index contributed by atoms with van der Waals surface area (Å²) < 4.78 is 25.8. The molecular formula is C20H25N3O3S2. The number of sulfonamides is 1. The lowest BCUT2D eigenvalue weighted by Crippen LogP contribution is -2.62. The number of nitrogens with one attached hydrogen (secondary N) is 2. The van der Waals surface area contributed by atoms with Crippen LogP contribution in [0.1, 0.15) is 29.4 Å². The minimum absolute atomic E-state index is 0.0459. The van der Waals surface area contributed by atoms with E-state index in [0.717, 1.165) is 42.6 Å². The van der Waals surface area contributed by atoms with Gasteiger partial charge in [-0.2, -0.15) is 0 Å². The van der Waals surface area contributed by atoms with Crippen LogP contribution in [0.15, 0.2) is 36.4 Å². The number of fused-ring (bicyclic) bond motifs is 3. The predicted octanol–water partition coefficient (Wildman–Crippen LogP) is 3.00.